The summed E-state index contributed by atoms with van der Waals surface area (Å²) in [6.07, 6.45) is 0. The number of hydrogen-bond acceptors (Lipinski definition) is 2. The number of piperazine rings is 1. The fraction of sp³-hybridized carbons (Fsp3) is 0.778. The first-order valence-corrected chi connectivity index (χ1v) is 4.39. The third-order valence-electron chi connectivity index (χ3n) is 2.12. The lowest BCUT2D eigenvalue weighted by molar-refractivity contribution is -0.135. The highest BCUT2D eigenvalue weighted by Crippen LogP contribution is 2.05. The minimum atomic E-state index is 0.106. The summed E-state index contributed by atoms with van der Waals surface area (Å²) in [5, 5.41) is 0. The van der Waals surface area contributed by atoms with Crippen LogP contribution in [0.15, 0.2) is 0 Å². The average Bonchev–Trinajstić information content (AvgIpc) is 2.04. The smallest absolute Gasteiger partial charge is 0.225 e. The quantitative estimate of drug-likeness (QED) is 0.567. The zero-order valence-corrected chi connectivity index (χ0v) is 7.79. The van der Waals surface area contributed by atoms with Crippen LogP contribution in [0.5, 0.6) is 0 Å². The molecule has 1 amide bonds. The molecule has 3 nitrogen and oxygen atoms in total. The Balaban J connectivity index is 2.39. The Hall–Kier alpha value is -0.570. The van der Waals surface area contributed by atoms with Crippen molar-refractivity contribution >= 4 is 5.91 Å². The minimum Gasteiger partial charge on any atom is -0.340 e. The molecule has 0 N–H and O–H groups in total. The van der Waals surface area contributed by atoms with Gasteiger partial charge in [-0.3, -0.25) is 9.69 Å². The molecule has 1 aliphatic heterocycles. The maximum Gasteiger partial charge on any atom is 0.225 e. The molecular weight excluding hydrogens is 152 g/mol. The van der Waals surface area contributed by atoms with Gasteiger partial charge in [0.05, 0.1) is 0 Å². The number of nitrogens with zero attached hydrogens (tertiary/aromatic N) is 2. The van der Waals surface area contributed by atoms with E-state index in [1.54, 1.807) is 4.90 Å². The van der Waals surface area contributed by atoms with Crippen LogP contribution >= 0.6 is 0 Å². The molecule has 0 unspecified atom stereocenters. The van der Waals surface area contributed by atoms with Crippen molar-refractivity contribution in [2.24, 2.45) is 5.92 Å². The predicted molar refractivity (Wildman–Crippen MR) is 47.3 cm³/mol. The van der Waals surface area contributed by atoms with Crippen molar-refractivity contribution in [3.8, 4) is 0 Å². The summed E-state index contributed by atoms with van der Waals surface area (Å²) >= 11 is 0. The Labute approximate surface area is 74.3 Å². The lowest BCUT2D eigenvalue weighted by Gasteiger charge is -2.33. The standard InChI is InChI=1S/C9H16N2O/c1-8(2)9(12)11-6-4-10(3)5-7-11/h3,8H,4-7H2,1-2H3. The van der Waals surface area contributed by atoms with Crippen molar-refractivity contribution in [1.82, 2.24) is 9.80 Å². The Bertz CT molecular complexity index is 160. The number of carbonyl (C=O) groups is 1. The summed E-state index contributed by atoms with van der Waals surface area (Å²) in [6.45, 7) is 6.98. The molecule has 1 heterocycles. The zero-order chi connectivity index (χ0) is 9.14. The molecule has 0 aromatic heterocycles. The van der Waals surface area contributed by atoms with Crippen LogP contribution in [-0.2, 0) is 4.79 Å². The van der Waals surface area contributed by atoms with E-state index < -0.39 is 0 Å². The lowest BCUT2D eigenvalue weighted by atomic mass is 10.2. The molecule has 2 radical (unpaired) electrons. The van der Waals surface area contributed by atoms with E-state index in [0.29, 0.717) is 0 Å². The van der Waals surface area contributed by atoms with Crippen LogP contribution in [0.1, 0.15) is 13.8 Å². The average molecular weight is 168 g/mol. The van der Waals surface area contributed by atoms with Gasteiger partial charge in [0.25, 0.3) is 0 Å². The number of hydrogen-bond donors (Lipinski definition) is 0. The normalized spacial score (nSPS) is 20.2. The second kappa shape index (κ2) is 3.90. The van der Waals surface area contributed by atoms with Gasteiger partial charge in [-0.05, 0) is 0 Å². The molecule has 0 bridgehead atoms. The second-order valence-corrected chi connectivity index (χ2v) is 3.52. The van der Waals surface area contributed by atoms with Crippen LogP contribution in [0.2, 0.25) is 0 Å². The third kappa shape index (κ3) is 2.21. The Kier molecular flexibility index (Phi) is 3.09. The molecule has 0 aromatic rings. The summed E-state index contributed by atoms with van der Waals surface area (Å²) in [5.74, 6) is 0.345. The molecule has 1 aliphatic rings. The third-order valence-corrected chi connectivity index (χ3v) is 2.12. The summed E-state index contributed by atoms with van der Waals surface area (Å²) < 4.78 is 0. The van der Waals surface area contributed by atoms with Gasteiger partial charge in [-0.15, -0.1) is 0 Å². The summed E-state index contributed by atoms with van der Waals surface area (Å²) in [7, 11) is 5.57. The van der Waals surface area contributed by atoms with E-state index in [9.17, 15) is 4.79 Å². The van der Waals surface area contributed by atoms with Gasteiger partial charge < -0.3 is 4.90 Å². The van der Waals surface area contributed by atoms with E-state index in [1.807, 2.05) is 18.7 Å². The highest BCUT2D eigenvalue weighted by atomic mass is 16.2. The molecule has 12 heavy (non-hydrogen) atoms. The first kappa shape index (κ1) is 9.52. The van der Waals surface area contributed by atoms with Crippen molar-refractivity contribution in [3.05, 3.63) is 7.05 Å². The molecule has 0 spiro atoms. The van der Waals surface area contributed by atoms with Gasteiger partial charge in [-0.2, -0.15) is 0 Å². The SMILES string of the molecule is [CH]N1CCN(C(=O)C(C)C)CC1. The number of rotatable bonds is 1. The van der Waals surface area contributed by atoms with E-state index in [1.165, 1.54) is 0 Å². The summed E-state index contributed by atoms with van der Waals surface area (Å²) in [6, 6.07) is 0. The maximum atomic E-state index is 11.5. The molecule has 1 fully saturated rings. The van der Waals surface area contributed by atoms with Crippen molar-refractivity contribution < 1.29 is 4.79 Å². The van der Waals surface area contributed by atoms with E-state index in [4.69, 9.17) is 7.05 Å². The second-order valence-electron chi connectivity index (χ2n) is 3.52. The molecule has 0 aromatic carbocycles. The predicted octanol–water partition coefficient (Wildman–Crippen LogP) is 0.455. The summed E-state index contributed by atoms with van der Waals surface area (Å²) in [5.41, 5.74) is 0. The topological polar surface area (TPSA) is 23.6 Å². The number of carbonyl (C=O) groups excluding carboxylic acids is 1. The largest absolute Gasteiger partial charge is 0.340 e. The van der Waals surface area contributed by atoms with Crippen LogP contribution in [0.25, 0.3) is 0 Å². The van der Waals surface area contributed by atoms with Gasteiger partial charge in [-0.1, -0.05) is 13.8 Å². The zero-order valence-electron chi connectivity index (χ0n) is 7.79. The van der Waals surface area contributed by atoms with Crippen molar-refractivity contribution in [2.45, 2.75) is 13.8 Å². The Morgan fingerprint density at radius 2 is 1.75 bits per heavy atom. The lowest BCUT2D eigenvalue weighted by Crippen LogP contribution is -2.47. The monoisotopic (exact) mass is 168 g/mol. The fourth-order valence-electron chi connectivity index (χ4n) is 1.31. The van der Waals surface area contributed by atoms with Crippen molar-refractivity contribution in [2.75, 3.05) is 26.2 Å². The van der Waals surface area contributed by atoms with E-state index >= 15 is 0 Å². The molecule has 68 valence electrons. The van der Waals surface area contributed by atoms with Gasteiger partial charge in [0.15, 0.2) is 0 Å². The molecule has 0 saturated carbocycles. The van der Waals surface area contributed by atoms with Gasteiger partial charge in [-0.25, -0.2) is 0 Å². The van der Waals surface area contributed by atoms with Crippen molar-refractivity contribution in [1.29, 1.82) is 0 Å². The van der Waals surface area contributed by atoms with Crippen LogP contribution in [-0.4, -0.2) is 41.9 Å². The van der Waals surface area contributed by atoms with Crippen LogP contribution in [0.3, 0.4) is 0 Å². The molecule has 3 heteroatoms. The maximum absolute atomic E-state index is 11.5. The Morgan fingerprint density at radius 3 is 2.17 bits per heavy atom. The number of amides is 1. The first-order chi connectivity index (χ1) is 5.61. The summed E-state index contributed by atoms with van der Waals surface area (Å²) in [4.78, 5) is 15.1. The fourth-order valence-corrected chi connectivity index (χ4v) is 1.31. The molecular formula is C9H16N2O. The van der Waals surface area contributed by atoms with E-state index in [2.05, 4.69) is 0 Å². The molecule has 0 aliphatic carbocycles. The van der Waals surface area contributed by atoms with Crippen LogP contribution in [0, 0.1) is 13.0 Å². The Morgan fingerprint density at radius 1 is 1.25 bits per heavy atom. The minimum absolute atomic E-state index is 0.106. The van der Waals surface area contributed by atoms with Gasteiger partial charge in [0.2, 0.25) is 5.91 Å². The molecule has 1 rings (SSSR count). The molecule has 1 saturated heterocycles. The van der Waals surface area contributed by atoms with Crippen LogP contribution in [0.4, 0.5) is 0 Å². The van der Waals surface area contributed by atoms with Crippen LogP contribution < -0.4 is 0 Å². The van der Waals surface area contributed by atoms with E-state index in [-0.39, 0.29) is 11.8 Å². The molecule has 0 atom stereocenters. The van der Waals surface area contributed by atoms with E-state index in [0.717, 1.165) is 26.2 Å². The van der Waals surface area contributed by atoms with Gasteiger partial charge >= 0.3 is 0 Å². The highest BCUT2D eigenvalue weighted by Gasteiger charge is 2.20. The van der Waals surface area contributed by atoms with Gasteiger partial charge in [0.1, 0.15) is 0 Å². The first-order valence-electron chi connectivity index (χ1n) is 4.39. The highest BCUT2D eigenvalue weighted by molar-refractivity contribution is 5.78. The van der Waals surface area contributed by atoms with Gasteiger partial charge in [0, 0.05) is 39.1 Å². The van der Waals surface area contributed by atoms with Crippen molar-refractivity contribution in [3.63, 3.8) is 0 Å².